The largest absolute Gasteiger partial charge is 0.493 e. The summed E-state index contributed by atoms with van der Waals surface area (Å²) in [5, 5.41) is 6.71. The van der Waals surface area contributed by atoms with E-state index >= 15 is 0 Å². The number of hydrogen-bond acceptors (Lipinski definition) is 5. The van der Waals surface area contributed by atoms with Crippen LogP contribution in [0.2, 0.25) is 0 Å². The smallest absolute Gasteiger partial charge is 0.191 e. The molecule has 0 spiro atoms. The van der Waals surface area contributed by atoms with Gasteiger partial charge in [-0.2, -0.15) is 0 Å². The Morgan fingerprint density at radius 2 is 1.81 bits per heavy atom. The van der Waals surface area contributed by atoms with E-state index in [1.165, 1.54) is 5.56 Å². The molecule has 2 aromatic carbocycles. The minimum absolute atomic E-state index is 0. The standard InChI is InChI=1S/C24H33N3O4.HI/c1-17-5-7-20(22(11-17)31-16-19-9-10-30-15-19)14-27-24(25-2)26-13-18-6-8-21(28-3)23(12-18)29-4;/h5-8,11-12,19H,9-10,13-16H2,1-4H3,(H2,25,26,27);1H. The minimum Gasteiger partial charge on any atom is -0.493 e. The van der Waals surface area contributed by atoms with Crippen LogP contribution in [-0.4, -0.2) is 47.0 Å². The summed E-state index contributed by atoms with van der Waals surface area (Å²) < 4.78 is 22.3. The average molecular weight is 555 g/mol. The van der Waals surface area contributed by atoms with Gasteiger partial charge in [-0.15, -0.1) is 24.0 Å². The van der Waals surface area contributed by atoms with Gasteiger partial charge in [0.15, 0.2) is 17.5 Å². The molecule has 0 amide bonds. The second kappa shape index (κ2) is 13.4. The van der Waals surface area contributed by atoms with Crippen LogP contribution < -0.4 is 24.8 Å². The molecule has 1 aliphatic rings. The molecule has 0 bridgehead atoms. The van der Waals surface area contributed by atoms with Crippen molar-refractivity contribution in [1.82, 2.24) is 10.6 Å². The van der Waals surface area contributed by atoms with Crippen molar-refractivity contribution in [2.45, 2.75) is 26.4 Å². The van der Waals surface area contributed by atoms with E-state index in [2.05, 4.69) is 40.7 Å². The van der Waals surface area contributed by atoms with Crippen molar-refractivity contribution in [2.24, 2.45) is 10.9 Å². The van der Waals surface area contributed by atoms with Crippen LogP contribution >= 0.6 is 24.0 Å². The first-order chi connectivity index (χ1) is 15.1. The summed E-state index contributed by atoms with van der Waals surface area (Å²) >= 11 is 0. The molecule has 0 saturated carbocycles. The number of hydrogen-bond donors (Lipinski definition) is 2. The van der Waals surface area contributed by atoms with Crippen molar-refractivity contribution in [2.75, 3.05) is 41.1 Å². The lowest BCUT2D eigenvalue weighted by atomic mass is 10.1. The molecule has 1 saturated heterocycles. The van der Waals surface area contributed by atoms with E-state index in [4.69, 9.17) is 18.9 Å². The third kappa shape index (κ3) is 7.44. The maximum atomic E-state index is 6.14. The second-order valence-electron chi connectivity index (χ2n) is 7.62. The zero-order valence-electron chi connectivity index (χ0n) is 19.3. The number of guanidine groups is 1. The van der Waals surface area contributed by atoms with Crippen LogP contribution in [0.3, 0.4) is 0 Å². The summed E-state index contributed by atoms with van der Waals surface area (Å²) in [7, 11) is 5.03. The molecule has 0 aliphatic carbocycles. The Labute approximate surface area is 207 Å². The highest BCUT2D eigenvalue weighted by Crippen LogP contribution is 2.27. The lowest BCUT2D eigenvalue weighted by Gasteiger charge is -2.17. The number of rotatable bonds is 9. The van der Waals surface area contributed by atoms with Crippen molar-refractivity contribution >= 4 is 29.9 Å². The molecular weight excluding hydrogens is 521 g/mol. The summed E-state index contributed by atoms with van der Waals surface area (Å²) in [6, 6.07) is 12.1. The summed E-state index contributed by atoms with van der Waals surface area (Å²) in [6.45, 7) is 5.60. The SMILES string of the molecule is CN=C(NCc1ccc(OC)c(OC)c1)NCc1ccc(C)cc1OCC1CCOC1.I. The molecule has 0 radical (unpaired) electrons. The van der Waals surface area contributed by atoms with Gasteiger partial charge in [-0.3, -0.25) is 4.99 Å². The van der Waals surface area contributed by atoms with Gasteiger partial charge in [-0.25, -0.2) is 0 Å². The van der Waals surface area contributed by atoms with Gasteiger partial charge in [0.1, 0.15) is 5.75 Å². The highest BCUT2D eigenvalue weighted by Gasteiger charge is 2.17. The Morgan fingerprint density at radius 1 is 1.03 bits per heavy atom. The zero-order valence-corrected chi connectivity index (χ0v) is 21.6. The molecule has 1 heterocycles. The van der Waals surface area contributed by atoms with Crippen LogP contribution in [0.4, 0.5) is 0 Å². The maximum absolute atomic E-state index is 6.14. The molecule has 176 valence electrons. The molecule has 1 fully saturated rings. The highest BCUT2D eigenvalue weighted by molar-refractivity contribution is 14.0. The monoisotopic (exact) mass is 555 g/mol. The van der Waals surface area contributed by atoms with E-state index in [1.807, 2.05) is 18.2 Å². The second-order valence-corrected chi connectivity index (χ2v) is 7.62. The van der Waals surface area contributed by atoms with Crippen molar-refractivity contribution in [1.29, 1.82) is 0 Å². The number of methoxy groups -OCH3 is 2. The third-order valence-electron chi connectivity index (χ3n) is 5.30. The molecule has 1 aliphatic heterocycles. The van der Waals surface area contributed by atoms with Gasteiger partial charge in [0.05, 0.1) is 27.4 Å². The van der Waals surface area contributed by atoms with Gasteiger partial charge in [0, 0.05) is 38.2 Å². The van der Waals surface area contributed by atoms with Crippen molar-refractivity contribution < 1.29 is 18.9 Å². The van der Waals surface area contributed by atoms with Crippen molar-refractivity contribution in [3.05, 3.63) is 53.1 Å². The minimum atomic E-state index is 0. The average Bonchev–Trinajstić information content (AvgIpc) is 3.32. The molecule has 0 aromatic heterocycles. The number of ether oxygens (including phenoxy) is 4. The first kappa shape index (κ1) is 26.1. The number of halogens is 1. The third-order valence-corrected chi connectivity index (χ3v) is 5.30. The molecule has 7 nitrogen and oxygen atoms in total. The Bertz CT molecular complexity index is 886. The van der Waals surface area contributed by atoms with E-state index in [0.29, 0.717) is 43.1 Å². The predicted molar refractivity (Wildman–Crippen MR) is 138 cm³/mol. The lowest BCUT2D eigenvalue weighted by Crippen LogP contribution is -2.36. The van der Waals surface area contributed by atoms with E-state index in [-0.39, 0.29) is 24.0 Å². The van der Waals surface area contributed by atoms with Crippen molar-refractivity contribution in [3.8, 4) is 17.2 Å². The first-order valence-corrected chi connectivity index (χ1v) is 10.6. The highest BCUT2D eigenvalue weighted by atomic mass is 127. The zero-order chi connectivity index (χ0) is 22.1. The van der Waals surface area contributed by atoms with E-state index in [1.54, 1.807) is 21.3 Å². The normalized spacial score (nSPS) is 15.6. The lowest BCUT2D eigenvalue weighted by molar-refractivity contribution is 0.166. The van der Waals surface area contributed by atoms with E-state index in [0.717, 1.165) is 36.5 Å². The van der Waals surface area contributed by atoms with Gasteiger partial charge in [0.2, 0.25) is 0 Å². The summed E-state index contributed by atoms with van der Waals surface area (Å²) in [4.78, 5) is 4.33. The van der Waals surface area contributed by atoms with Crippen LogP contribution in [-0.2, 0) is 17.8 Å². The van der Waals surface area contributed by atoms with Gasteiger partial charge in [-0.1, -0.05) is 18.2 Å². The topological polar surface area (TPSA) is 73.3 Å². The predicted octanol–water partition coefficient (Wildman–Crippen LogP) is 3.91. The molecule has 1 atom stereocenters. The maximum Gasteiger partial charge on any atom is 0.191 e. The number of benzene rings is 2. The number of aliphatic imine (C=N–C) groups is 1. The molecule has 2 N–H and O–H groups in total. The molecule has 32 heavy (non-hydrogen) atoms. The number of aryl methyl sites for hydroxylation is 1. The van der Waals surface area contributed by atoms with E-state index in [9.17, 15) is 0 Å². The Hall–Kier alpha value is -2.20. The molecule has 1 unspecified atom stereocenters. The fraction of sp³-hybridized carbons (Fsp3) is 0.458. The van der Waals surface area contributed by atoms with Gasteiger partial charge in [0.25, 0.3) is 0 Å². The summed E-state index contributed by atoms with van der Waals surface area (Å²) in [5.74, 6) is 3.51. The molecule has 8 heteroatoms. The summed E-state index contributed by atoms with van der Waals surface area (Å²) in [6.07, 6.45) is 1.06. The summed E-state index contributed by atoms with van der Waals surface area (Å²) in [5.41, 5.74) is 3.34. The molecule has 2 aromatic rings. The van der Waals surface area contributed by atoms with Crippen LogP contribution in [0, 0.1) is 12.8 Å². The quantitative estimate of drug-likeness (QED) is 0.278. The van der Waals surface area contributed by atoms with Crippen LogP contribution in [0.15, 0.2) is 41.4 Å². The fourth-order valence-electron chi connectivity index (χ4n) is 3.44. The number of nitrogens with one attached hydrogen (secondary N) is 2. The van der Waals surface area contributed by atoms with Gasteiger partial charge >= 0.3 is 0 Å². The fourth-order valence-corrected chi connectivity index (χ4v) is 3.44. The van der Waals surface area contributed by atoms with Gasteiger partial charge < -0.3 is 29.6 Å². The number of nitrogens with zero attached hydrogens (tertiary/aromatic N) is 1. The van der Waals surface area contributed by atoms with Crippen LogP contribution in [0.5, 0.6) is 17.2 Å². The molecule has 3 rings (SSSR count). The van der Waals surface area contributed by atoms with Crippen LogP contribution in [0.1, 0.15) is 23.1 Å². The molecular formula is C24H34IN3O4. The van der Waals surface area contributed by atoms with Gasteiger partial charge in [-0.05, 0) is 42.7 Å². The first-order valence-electron chi connectivity index (χ1n) is 10.6. The van der Waals surface area contributed by atoms with Crippen molar-refractivity contribution in [3.63, 3.8) is 0 Å². The van der Waals surface area contributed by atoms with Crippen LogP contribution in [0.25, 0.3) is 0 Å². The Morgan fingerprint density at radius 3 is 2.50 bits per heavy atom. The van der Waals surface area contributed by atoms with E-state index < -0.39 is 0 Å². The Balaban J connectivity index is 0.00000363. The Kier molecular flexibility index (Phi) is 10.9.